The van der Waals surface area contributed by atoms with E-state index in [2.05, 4.69) is 21.2 Å². The van der Waals surface area contributed by atoms with Crippen LogP contribution in [0.2, 0.25) is 5.02 Å². The number of rotatable bonds is 4. The van der Waals surface area contributed by atoms with Gasteiger partial charge in [0.05, 0.1) is 21.7 Å². The van der Waals surface area contributed by atoms with E-state index in [1.807, 2.05) is 12.1 Å². The maximum atomic E-state index is 12.9. The van der Waals surface area contributed by atoms with E-state index in [1.54, 1.807) is 36.4 Å². The number of hydrogen-bond acceptors (Lipinski definition) is 4. The molecule has 0 radical (unpaired) electrons. The summed E-state index contributed by atoms with van der Waals surface area (Å²) in [5.74, 6) is 0.459. The molecule has 2 saturated carbocycles. The van der Waals surface area contributed by atoms with Crippen LogP contribution in [0.25, 0.3) is 0 Å². The van der Waals surface area contributed by atoms with Crippen LogP contribution in [0.3, 0.4) is 0 Å². The number of alkyl halides is 1. The smallest absolute Gasteiger partial charge is 0.310 e. The summed E-state index contributed by atoms with van der Waals surface area (Å²) in [7, 11) is 0. The van der Waals surface area contributed by atoms with Gasteiger partial charge in [0, 0.05) is 11.6 Å². The van der Waals surface area contributed by atoms with Crippen molar-refractivity contribution in [2.75, 3.05) is 5.32 Å². The van der Waals surface area contributed by atoms with Crippen LogP contribution in [0.1, 0.15) is 6.42 Å². The normalized spacial score (nSPS) is 32.3. The molecule has 28 heavy (non-hydrogen) atoms. The number of amides is 1. The fourth-order valence-corrected chi connectivity index (χ4v) is 6.04. The highest BCUT2D eigenvalue weighted by Gasteiger charge is 2.67. The van der Waals surface area contributed by atoms with Crippen molar-refractivity contribution in [3.8, 4) is 11.5 Å². The summed E-state index contributed by atoms with van der Waals surface area (Å²) in [5, 5.41) is 3.48. The third kappa shape index (κ3) is 2.81. The van der Waals surface area contributed by atoms with Crippen LogP contribution in [0, 0.1) is 23.7 Å². The third-order valence-electron chi connectivity index (χ3n) is 6.01. The summed E-state index contributed by atoms with van der Waals surface area (Å²) in [6.45, 7) is 0. The average Bonchev–Trinajstić information content (AvgIpc) is 3.29. The van der Waals surface area contributed by atoms with Crippen molar-refractivity contribution < 1.29 is 19.1 Å². The third-order valence-corrected chi connectivity index (χ3v) is 7.52. The predicted octanol–water partition coefficient (Wildman–Crippen LogP) is 4.64. The molecular weight excluding hydrogens is 446 g/mol. The molecule has 5 nitrogen and oxygen atoms in total. The van der Waals surface area contributed by atoms with Crippen LogP contribution in [0.5, 0.6) is 11.5 Å². The maximum absolute atomic E-state index is 12.9. The molecule has 1 amide bonds. The Labute approximate surface area is 175 Å². The molecule has 0 spiro atoms. The largest absolute Gasteiger partial charge is 0.461 e. The summed E-state index contributed by atoms with van der Waals surface area (Å²) in [6.07, 6.45) is 0.785. The van der Waals surface area contributed by atoms with E-state index in [0.29, 0.717) is 22.2 Å². The van der Waals surface area contributed by atoms with Gasteiger partial charge in [-0.05, 0) is 48.7 Å². The van der Waals surface area contributed by atoms with Gasteiger partial charge in [0.2, 0.25) is 5.91 Å². The highest BCUT2D eigenvalue weighted by molar-refractivity contribution is 9.09. The molecule has 0 unspecified atom stereocenters. The van der Waals surface area contributed by atoms with Crippen molar-refractivity contribution in [1.29, 1.82) is 0 Å². The quantitative estimate of drug-likeness (QED) is 0.531. The SMILES string of the molecule is O=C(Nc1ccc(Oc2ccccc2Cl)cc1)[C@@H]1[C@H]2C[C@H]3[C@H](OC(=O)[C@@H]31)[C@H]2Br. The lowest BCUT2D eigenvalue weighted by Gasteiger charge is -2.27. The van der Waals surface area contributed by atoms with Gasteiger partial charge in [-0.25, -0.2) is 0 Å². The molecular formula is C21H17BrClNO4. The average molecular weight is 463 g/mol. The van der Waals surface area contributed by atoms with Gasteiger partial charge < -0.3 is 14.8 Å². The maximum Gasteiger partial charge on any atom is 0.310 e. The molecule has 1 heterocycles. The van der Waals surface area contributed by atoms with Crippen molar-refractivity contribution in [3.63, 3.8) is 0 Å². The highest BCUT2D eigenvalue weighted by atomic mass is 79.9. The number of nitrogens with one attached hydrogen (secondary N) is 1. The van der Waals surface area contributed by atoms with Gasteiger partial charge in [-0.15, -0.1) is 0 Å². The van der Waals surface area contributed by atoms with Crippen LogP contribution < -0.4 is 10.1 Å². The van der Waals surface area contributed by atoms with Gasteiger partial charge in [-0.3, -0.25) is 9.59 Å². The first kappa shape index (κ1) is 18.0. The molecule has 1 N–H and O–H groups in total. The Balaban J connectivity index is 1.28. The van der Waals surface area contributed by atoms with Crippen LogP contribution >= 0.6 is 27.5 Å². The van der Waals surface area contributed by atoms with Crippen molar-refractivity contribution in [3.05, 3.63) is 53.6 Å². The minimum absolute atomic E-state index is 0.0577. The number of carbonyl (C=O) groups excluding carboxylic acids is 2. The molecule has 2 aromatic rings. The number of ether oxygens (including phenoxy) is 2. The number of halogens is 2. The van der Waals surface area contributed by atoms with Crippen molar-refractivity contribution in [1.82, 2.24) is 0 Å². The lowest BCUT2D eigenvalue weighted by Crippen LogP contribution is -2.40. The molecule has 5 rings (SSSR count). The van der Waals surface area contributed by atoms with Gasteiger partial charge in [-0.1, -0.05) is 39.7 Å². The second-order valence-corrected chi connectivity index (χ2v) is 8.97. The monoisotopic (exact) mass is 461 g/mol. The first-order valence-electron chi connectivity index (χ1n) is 9.21. The Morgan fingerprint density at radius 1 is 1.14 bits per heavy atom. The molecule has 2 aliphatic carbocycles. The zero-order valence-electron chi connectivity index (χ0n) is 14.7. The lowest BCUT2D eigenvalue weighted by atomic mass is 9.79. The molecule has 0 aromatic heterocycles. The zero-order valence-corrected chi connectivity index (χ0v) is 17.0. The first-order valence-corrected chi connectivity index (χ1v) is 10.5. The number of benzene rings is 2. The molecule has 3 aliphatic rings. The number of anilines is 1. The Morgan fingerprint density at radius 2 is 1.89 bits per heavy atom. The summed E-state index contributed by atoms with van der Waals surface area (Å²) >= 11 is 9.74. The summed E-state index contributed by atoms with van der Waals surface area (Å²) < 4.78 is 11.2. The zero-order chi connectivity index (χ0) is 19.4. The van der Waals surface area contributed by atoms with Crippen LogP contribution in [-0.2, 0) is 14.3 Å². The standard InChI is InChI=1S/C21H17BrClNO4/c22-18-12-9-13-17(21(26)28-19(13)18)16(12)20(25)24-10-5-7-11(8-6-10)27-15-4-2-1-3-14(15)23/h1-8,12-13,16-19H,9H2,(H,24,25)/t12-,13-,16-,17+,18+,19+/m1/s1. The van der Waals surface area contributed by atoms with Crippen LogP contribution in [-0.4, -0.2) is 22.8 Å². The second kappa shape index (κ2) is 6.78. The second-order valence-electron chi connectivity index (χ2n) is 7.51. The Bertz CT molecular complexity index is 950. The fourth-order valence-electron chi connectivity index (χ4n) is 4.82. The predicted molar refractivity (Wildman–Crippen MR) is 108 cm³/mol. The van der Waals surface area contributed by atoms with Crippen molar-refractivity contribution >= 4 is 45.1 Å². The fraction of sp³-hybridized carbons (Fsp3) is 0.333. The van der Waals surface area contributed by atoms with E-state index < -0.39 is 0 Å². The molecule has 3 fully saturated rings. The summed E-state index contributed by atoms with van der Waals surface area (Å²) in [6, 6.07) is 14.3. The van der Waals surface area contributed by atoms with Crippen LogP contribution in [0.15, 0.2) is 48.5 Å². The molecule has 6 atom stereocenters. The summed E-state index contributed by atoms with van der Waals surface area (Å²) in [4.78, 5) is 25.2. The molecule has 7 heteroatoms. The van der Waals surface area contributed by atoms with Gasteiger partial charge in [0.25, 0.3) is 0 Å². The van der Waals surface area contributed by atoms with E-state index in [9.17, 15) is 9.59 Å². The molecule has 1 saturated heterocycles. The summed E-state index contributed by atoms with van der Waals surface area (Å²) in [5.41, 5.74) is 0.660. The Kier molecular flexibility index (Phi) is 4.36. The van der Waals surface area contributed by atoms with E-state index in [0.717, 1.165) is 6.42 Å². The Morgan fingerprint density at radius 3 is 2.64 bits per heavy atom. The van der Waals surface area contributed by atoms with Gasteiger partial charge in [0.15, 0.2) is 0 Å². The highest BCUT2D eigenvalue weighted by Crippen LogP contribution is 2.60. The van der Waals surface area contributed by atoms with Crippen molar-refractivity contribution in [2.45, 2.75) is 17.4 Å². The van der Waals surface area contributed by atoms with E-state index in [-0.39, 0.29) is 46.5 Å². The number of hydrogen-bond donors (Lipinski definition) is 1. The number of esters is 1. The van der Waals surface area contributed by atoms with Crippen molar-refractivity contribution in [2.24, 2.45) is 23.7 Å². The minimum Gasteiger partial charge on any atom is -0.461 e. The topological polar surface area (TPSA) is 64.6 Å². The minimum atomic E-state index is -0.348. The number of carbonyl (C=O) groups is 2. The molecule has 2 bridgehead atoms. The molecule has 1 aliphatic heterocycles. The molecule has 144 valence electrons. The lowest BCUT2D eigenvalue weighted by molar-refractivity contribution is -0.145. The van der Waals surface area contributed by atoms with E-state index in [1.165, 1.54) is 0 Å². The number of para-hydroxylation sites is 1. The van der Waals surface area contributed by atoms with E-state index in [4.69, 9.17) is 21.1 Å². The van der Waals surface area contributed by atoms with Crippen LogP contribution in [0.4, 0.5) is 5.69 Å². The molecule has 2 aromatic carbocycles. The van der Waals surface area contributed by atoms with Gasteiger partial charge in [-0.2, -0.15) is 0 Å². The van der Waals surface area contributed by atoms with Gasteiger partial charge >= 0.3 is 5.97 Å². The van der Waals surface area contributed by atoms with E-state index >= 15 is 0 Å². The first-order chi connectivity index (χ1) is 13.5. The number of fused-ring (bicyclic) bond motifs is 1. The van der Waals surface area contributed by atoms with Gasteiger partial charge in [0.1, 0.15) is 17.6 Å². The Hall–Kier alpha value is -2.05.